The van der Waals surface area contributed by atoms with Gasteiger partial charge in [0.1, 0.15) is 6.61 Å². The summed E-state index contributed by atoms with van der Waals surface area (Å²) < 4.78 is 18.2. The molecule has 1 aliphatic rings. The number of hydrogen-bond acceptors (Lipinski definition) is 3. The third-order valence-corrected chi connectivity index (χ3v) is 2.90. The third kappa shape index (κ3) is 2.67. The summed E-state index contributed by atoms with van der Waals surface area (Å²) in [6.45, 7) is 4.54. The minimum absolute atomic E-state index is 0.00120. The average molecular weight is 307 g/mol. The summed E-state index contributed by atoms with van der Waals surface area (Å²) in [6, 6.07) is 7.58. The summed E-state index contributed by atoms with van der Waals surface area (Å²) >= 11 is -0.637. The van der Waals surface area contributed by atoms with Crippen molar-refractivity contribution >= 4 is 21.0 Å². The number of para-hydroxylation sites is 2. The number of hydrogen-bond donors (Lipinski definition) is 1. The van der Waals surface area contributed by atoms with Crippen molar-refractivity contribution in [2.75, 3.05) is 6.61 Å². The van der Waals surface area contributed by atoms with E-state index in [4.69, 9.17) is 13.0 Å². The van der Waals surface area contributed by atoms with Crippen LogP contribution in [-0.4, -0.2) is 10.7 Å². The van der Waals surface area contributed by atoms with Crippen LogP contribution in [0.5, 0.6) is 11.5 Å². The van der Waals surface area contributed by atoms with Crippen molar-refractivity contribution in [3.05, 3.63) is 24.3 Å². The molecule has 1 unspecified atom stereocenters. The van der Waals surface area contributed by atoms with Crippen LogP contribution in [0.4, 0.5) is 0 Å². The van der Waals surface area contributed by atoms with E-state index in [1.807, 2.05) is 38.1 Å². The lowest BCUT2D eigenvalue weighted by atomic mass is 10.3. The second-order valence-corrected chi connectivity index (χ2v) is 4.41. The largest absolute Gasteiger partial charge is 0.485 e. The van der Waals surface area contributed by atoms with Crippen LogP contribution in [0.3, 0.4) is 0 Å². The number of alkyl halides is 1. The van der Waals surface area contributed by atoms with Crippen LogP contribution < -0.4 is 9.47 Å². The molecule has 1 aromatic carbocycles. The van der Waals surface area contributed by atoms with Gasteiger partial charge in [0.15, 0.2) is 15.6 Å². The second kappa shape index (κ2) is 5.95. The zero-order chi connectivity index (χ0) is 10.4. The Balaban J connectivity index is 0.000000461. The van der Waals surface area contributed by atoms with Gasteiger partial charge in [-0.2, -0.15) is 0 Å². The number of fused-ring (bicyclic) bond motifs is 1. The molecule has 0 fully saturated rings. The van der Waals surface area contributed by atoms with Crippen molar-refractivity contribution in [1.82, 2.24) is 0 Å². The molecule has 0 aromatic heterocycles. The Labute approximate surface area is 94.4 Å². The van der Waals surface area contributed by atoms with E-state index >= 15 is 0 Å². The van der Waals surface area contributed by atoms with E-state index in [0.717, 1.165) is 11.5 Å². The molecule has 1 atom stereocenters. The molecule has 0 saturated carbocycles. The van der Waals surface area contributed by atoms with E-state index in [1.54, 1.807) is 0 Å². The molecule has 3 nitrogen and oxygen atoms in total. The van der Waals surface area contributed by atoms with Gasteiger partial charge >= 0.3 is 0 Å². The Hall–Kier alpha value is -0.650. The van der Waals surface area contributed by atoms with Gasteiger partial charge in [0, 0.05) is 21.0 Å². The molecule has 0 amide bonds. The maximum Gasteiger partial charge on any atom is 0.194 e. The maximum absolute atomic E-state index is 7.24. The second-order valence-electron chi connectivity index (χ2n) is 2.39. The average Bonchev–Trinajstić information content (AvgIpc) is 2.31. The van der Waals surface area contributed by atoms with Gasteiger partial charge in [-0.1, -0.05) is 26.0 Å². The summed E-state index contributed by atoms with van der Waals surface area (Å²) in [4.78, 5) is 0. The third-order valence-electron chi connectivity index (χ3n) is 1.60. The smallest absolute Gasteiger partial charge is 0.194 e. The molecule has 2 rings (SSSR count). The first-order valence-electron chi connectivity index (χ1n) is 4.58. The molecule has 78 valence electrons. The Morgan fingerprint density at radius 2 is 1.93 bits per heavy atom. The predicted molar refractivity (Wildman–Crippen MR) is 64.4 cm³/mol. The van der Waals surface area contributed by atoms with Crippen LogP contribution in [0.25, 0.3) is 0 Å². The van der Waals surface area contributed by atoms with Crippen molar-refractivity contribution in [2.24, 2.45) is 0 Å². The van der Waals surface area contributed by atoms with Gasteiger partial charge in [0.05, 0.1) is 0 Å². The highest BCUT2D eigenvalue weighted by Crippen LogP contribution is 2.33. The quantitative estimate of drug-likeness (QED) is 0.637. The number of benzene rings is 1. The van der Waals surface area contributed by atoms with Crippen molar-refractivity contribution in [3.8, 4) is 11.5 Å². The van der Waals surface area contributed by atoms with Gasteiger partial charge in [-0.3, -0.25) is 3.56 Å². The molecule has 0 aliphatic carbocycles. The molecule has 14 heavy (non-hydrogen) atoms. The summed E-state index contributed by atoms with van der Waals surface area (Å²) in [5.74, 6) is 1.58. The molecule has 4 heteroatoms. The lowest BCUT2D eigenvalue weighted by molar-refractivity contribution is 0.159. The Morgan fingerprint density at radius 3 is 2.57 bits per heavy atom. The molecule has 1 N–H and O–H groups in total. The van der Waals surface area contributed by atoms with E-state index in [2.05, 4.69) is 0 Å². The highest BCUT2D eigenvalue weighted by molar-refractivity contribution is 14.1. The topological polar surface area (TPSA) is 42.3 Å². The van der Waals surface area contributed by atoms with Gasteiger partial charge in [-0.25, -0.2) is 0 Å². The number of ether oxygens (including phenoxy) is 2. The highest BCUT2D eigenvalue weighted by atomic mass is 127. The normalized spacial score (nSPS) is 18.0. The summed E-state index contributed by atoms with van der Waals surface area (Å²) in [5, 5.41) is 0. The zero-order valence-electron chi connectivity index (χ0n) is 8.29. The summed E-state index contributed by atoms with van der Waals surface area (Å²) in [6.07, 6.45) is 0. The standard InChI is InChI=1S/C8H8INO2.C2H6/c10-9-8-5-11-6-3-1-2-4-7(6)12-8;1-2/h1-4,8,10H,5H2;1-2H3. The van der Waals surface area contributed by atoms with Gasteiger partial charge in [0.2, 0.25) is 0 Å². The number of nitrogens with one attached hydrogen (secondary N) is 1. The molecule has 1 aromatic rings. The fraction of sp³-hybridized carbons (Fsp3) is 0.400. The van der Waals surface area contributed by atoms with Crippen molar-refractivity contribution in [3.63, 3.8) is 0 Å². The maximum atomic E-state index is 7.24. The summed E-state index contributed by atoms with van der Waals surface area (Å²) in [5.41, 5.74) is 0. The van der Waals surface area contributed by atoms with Crippen LogP contribution in [0.2, 0.25) is 0 Å². The van der Waals surface area contributed by atoms with Crippen LogP contribution in [-0.2, 0) is 0 Å². The Morgan fingerprint density at radius 1 is 1.29 bits per heavy atom. The van der Waals surface area contributed by atoms with Crippen LogP contribution in [0.15, 0.2) is 24.3 Å². The fourth-order valence-corrected chi connectivity index (χ4v) is 1.81. The molecule has 0 bridgehead atoms. The van der Waals surface area contributed by atoms with Gasteiger partial charge < -0.3 is 9.47 Å². The van der Waals surface area contributed by atoms with Crippen molar-refractivity contribution in [1.29, 1.82) is 3.56 Å². The fourth-order valence-electron chi connectivity index (χ4n) is 1.05. The Kier molecular flexibility index (Phi) is 4.86. The minimum atomic E-state index is -0.637. The first-order chi connectivity index (χ1) is 6.90. The molecule has 0 spiro atoms. The van der Waals surface area contributed by atoms with Crippen LogP contribution in [0, 0.1) is 3.56 Å². The first kappa shape index (κ1) is 11.4. The van der Waals surface area contributed by atoms with Gasteiger partial charge in [-0.15, -0.1) is 0 Å². The van der Waals surface area contributed by atoms with Crippen LogP contribution >= 0.6 is 21.0 Å². The van der Waals surface area contributed by atoms with E-state index in [9.17, 15) is 0 Å². The van der Waals surface area contributed by atoms with Gasteiger partial charge in [0.25, 0.3) is 0 Å². The monoisotopic (exact) mass is 307 g/mol. The lowest BCUT2D eigenvalue weighted by Gasteiger charge is -2.22. The van der Waals surface area contributed by atoms with Crippen molar-refractivity contribution < 1.29 is 9.47 Å². The zero-order valence-corrected chi connectivity index (χ0v) is 10.4. The molecular weight excluding hydrogens is 293 g/mol. The van der Waals surface area contributed by atoms with E-state index in [-0.39, 0.29) is 4.11 Å². The van der Waals surface area contributed by atoms with E-state index < -0.39 is 21.0 Å². The minimum Gasteiger partial charge on any atom is -0.485 e. The molecule has 1 heterocycles. The molecular formula is C10H14INO2. The number of rotatable bonds is 1. The number of halogens is 1. The van der Waals surface area contributed by atoms with E-state index in [0.29, 0.717) is 6.61 Å². The van der Waals surface area contributed by atoms with Crippen LogP contribution in [0.1, 0.15) is 13.8 Å². The Bertz CT molecular complexity index is 304. The molecule has 0 radical (unpaired) electrons. The highest BCUT2D eigenvalue weighted by Gasteiger charge is 2.18. The first-order valence-corrected chi connectivity index (χ1v) is 6.90. The summed E-state index contributed by atoms with van der Waals surface area (Å²) in [7, 11) is 0. The molecule has 0 saturated heterocycles. The van der Waals surface area contributed by atoms with Gasteiger partial charge in [-0.05, 0) is 12.1 Å². The SMILES string of the molecule is CC.N=IC1COc2ccccc2O1. The van der Waals surface area contributed by atoms with Crippen molar-refractivity contribution in [2.45, 2.75) is 18.0 Å². The van der Waals surface area contributed by atoms with E-state index in [1.165, 1.54) is 0 Å². The lowest BCUT2D eigenvalue weighted by Crippen LogP contribution is -2.23. The molecule has 1 aliphatic heterocycles. The predicted octanol–water partition coefficient (Wildman–Crippen LogP) is 3.54.